The van der Waals surface area contributed by atoms with Crippen LogP contribution in [0.1, 0.15) is 12.8 Å². The van der Waals surface area contributed by atoms with Crippen molar-refractivity contribution < 1.29 is 24.4 Å². The van der Waals surface area contributed by atoms with E-state index in [1.165, 1.54) is 0 Å². The van der Waals surface area contributed by atoms with Gasteiger partial charge in [-0.05, 0) is 4.57 Å². The molecule has 13 heavy (non-hydrogen) atoms. The summed E-state index contributed by atoms with van der Waals surface area (Å²) < 4.78 is 15.5. The highest BCUT2D eigenvalue weighted by molar-refractivity contribution is 7.37. The largest absolute Gasteiger partial charge is 0.505 e. The maximum absolute atomic E-state index is 10.4. The van der Waals surface area contributed by atoms with Crippen LogP contribution in [0.2, 0.25) is 0 Å². The topological polar surface area (TPSA) is 87.0 Å². The van der Waals surface area contributed by atoms with Gasteiger partial charge in [-0.25, -0.2) is 0 Å². The Morgan fingerprint density at radius 3 is 2.62 bits per heavy atom. The normalized spacial score (nSPS) is 35.9. The van der Waals surface area contributed by atoms with Crippen LogP contribution in [0.4, 0.5) is 0 Å². The summed E-state index contributed by atoms with van der Waals surface area (Å²) in [5, 5.41) is 18.3. The van der Waals surface area contributed by atoms with Crippen molar-refractivity contribution in [2.45, 2.75) is 31.2 Å². The molecular formula is C7H14O5P+. The van der Waals surface area contributed by atoms with Gasteiger partial charge in [-0.15, -0.1) is 0 Å². The van der Waals surface area contributed by atoms with Gasteiger partial charge in [0.05, 0.1) is 18.8 Å². The van der Waals surface area contributed by atoms with E-state index in [0.29, 0.717) is 12.8 Å². The molecule has 0 amide bonds. The predicted molar refractivity (Wildman–Crippen MR) is 45.7 cm³/mol. The van der Waals surface area contributed by atoms with Crippen LogP contribution >= 0.6 is 8.03 Å². The summed E-state index contributed by atoms with van der Waals surface area (Å²) in [5.74, 6) is 0. The van der Waals surface area contributed by atoms with E-state index >= 15 is 0 Å². The van der Waals surface area contributed by atoms with Crippen LogP contribution in [0.15, 0.2) is 0 Å². The minimum Gasteiger partial charge on any atom is -0.390 e. The molecular weight excluding hydrogens is 195 g/mol. The molecule has 3 N–H and O–H groups in total. The number of rotatable bonds is 3. The molecule has 4 atom stereocenters. The fraction of sp³-hybridized carbons (Fsp3) is 1.00. The van der Waals surface area contributed by atoms with Crippen molar-refractivity contribution >= 4 is 8.03 Å². The Hall–Kier alpha value is -0.0600. The number of hydrogen-bond donors (Lipinski definition) is 3. The van der Waals surface area contributed by atoms with Crippen molar-refractivity contribution in [1.82, 2.24) is 0 Å². The second kappa shape index (κ2) is 4.98. The highest BCUT2D eigenvalue weighted by Gasteiger charge is 2.29. The molecule has 1 aliphatic rings. The molecule has 0 spiro atoms. The molecule has 0 aromatic carbocycles. The molecule has 0 aliphatic carbocycles. The minimum absolute atomic E-state index is 0.105. The number of aliphatic hydroxyl groups excluding tert-OH is 2. The molecule has 1 fully saturated rings. The lowest BCUT2D eigenvalue weighted by Crippen LogP contribution is -2.41. The summed E-state index contributed by atoms with van der Waals surface area (Å²) in [7, 11) is -2.12. The van der Waals surface area contributed by atoms with E-state index in [1.54, 1.807) is 0 Å². The second-order valence-corrected chi connectivity index (χ2v) is 4.34. The van der Waals surface area contributed by atoms with Gasteiger partial charge in [-0.2, -0.15) is 4.89 Å². The zero-order valence-electron chi connectivity index (χ0n) is 7.17. The first-order valence-corrected chi connectivity index (χ1v) is 5.60. The quantitative estimate of drug-likeness (QED) is 0.551. The van der Waals surface area contributed by atoms with Crippen LogP contribution < -0.4 is 0 Å². The molecule has 76 valence electrons. The van der Waals surface area contributed by atoms with Crippen LogP contribution in [0.5, 0.6) is 0 Å². The van der Waals surface area contributed by atoms with Crippen LogP contribution in [0, 0.1) is 0 Å². The van der Waals surface area contributed by atoms with Crippen LogP contribution in [0.3, 0.4) is 0 Å². The third kappa shape index (κ3) is 3.67. The van der Waals surface area contributed by atoms with E-state index < -0.39 is 20.2 Å². The number of aliphatic hydroxyl groups is 2. The fourth-order valence-corrected chi connectivity index (χ4v) is 1.80. The van der Waals surface area contributed by atoms with Gasteiger partial charge in [-0.3, -0.25) is 0 Å². The summed E-state index contributed by atoms with van der Waals surface area (Å²) in [4.78, 5) is 8.54. The lowest BCUT2D eigenvalue weighted by Gasteiger charge is -2.29. The summed E-state index contributed by atoms with van der Waals surface area (Å²) in [5.41, 5.74) is 0. The molecule has 1 rings (SSSR count). The Kier molecular flexibility index (Phi) is 4.22. The van der Waals surface area contributed by atoms with Crippen LogP contribution in [-0.4, -0.2) is 46.2 Å². The minimum atomic E-state index is -2.12. The number of ether oxygens (including phenoxy) is 1. The Labute approximate surface area is 77.2 Å². The maximum Gasteiger partial charge on any atom is 0.505 e. The maximum atomic E-state index is 10.4. The van der Waals surface area contributed by atoms with Crippen molar-refractivity contribution in [2.24, 2.45) is 0 Å². The first-order chi connectivity index (χ1) is 6.09. The van der Waals surface area contributed by atoms with Crippen LogP contribution in [0.25, 0.3) is 0 Å². The highest BCUT2D eigenvalue weighted by atomic mass is 31.1. The van der Waals surface area contributed by atoms with Crippen molar-refractivity contribution in [2.75, 3.05) is 12.8 Å². The molecule has 1 aliphatic heterocycles. The summed E-state index contributed by atoms with van der Waals surface area (Å²) in [6.07, 6.45) is -0.818. The lowest BCUT2D eigenvalue weighted by molar-refractivity contribution is -0.121. The molecule has 1 unspecified atom stereocenters. The van der Waals surface area contributed by atoms with Gasteiger partial charge >= 0.3 is 8.03 Å². The predicted octanol–water partition coefficient (Wildman–Crippen LogP) is -0.378. The van der Waals surface area contributed by atoms with Gasteiger partial charge in [0, 0.05) is 12.8 Å². The van der Waals surface area contributed by atoms with E-state index in [9.17, 15) is 9.67 Å². The SMILES string of the molecule is O=[P+](O)CC[C@@H]1C[C@H](O)[C@H](O)CO1. The Morgan fingerprint density at radius 2 is 2.08 bits per heavy atom. The standard InChI is InChI=1S/C7H13O5P/c8-6-3-5(1-2-13(10)11)12-4-7(6)9/h5-9H,1-4H2/p+1/t5-,6+,7-/m1/s1. The fourth-order valence-electron chi connectivity index (χ4n) is 1.30. The first-order valence-electron chi connectivity index (χ1n) is 4.21. The number of hydrogen-bond acceptors (Lipinski definition) is 4. The first kappa shape index (κ1) is 11.0. The molecule has 5 nitrogen and oxygen atoms in total. The zero-order valence-corrected chi connectivity index (χ0v) is 8.06. The highest BCUT2D eigenvalue weighted by Crippen LogP contribution is 2.22. The lowest BCUT2D eigenvalue weighted by atomic mass is 10.0. The van der Waals surface area contributed by atoms with Crippen molar-refractivity contribution in [3.05, 3.63) is 0 Å². The monoisotopic (exact) mass is 209 g/mol. The zero-order chi connectivity index (χ0) is 9.84. The molecule has 6 heteroatoms. The molecule has 0 aromatic rings. The van der Waals surface area contributed by atoms with E-state index in [0.717, 1.165) is 0 Å². The molecule has 0 aromatic heterocycles. The van der Waals surface area contributed by atoms with Gasteiger partial charge in [0.25, 0.3) is 0 Å². The van der Waals surface area contributed by atoms with Crippen molar-refractivity contribution in [1.29, 1.82) is 0 Å². The van der Waals surface area contributed by atoms with Crippen LogP contribution in [-0.2, 0) is 9.30 Å². The molecule has 0 radical (unpaired) electrons. The summed E-state index contributed by atoms with van der Waals surface area (Å²) in [6.45, 7) is 0.105. The summed E-state index contributed by atoms with van der Waals surface area (Å²) >= 11 is 0. The molecule has 1 saturated heterocycles. The Bertz CT molecular complexity index is 186. The van der Waals surface area contributed by atoms with Gasteiger partial charge in [0.2, 0.25) is 0 Å². The molecule has 0 saturated carbocycles. The van der Waals surface area contributed by atoms with E-state index in [4.69, 9.17) is 14.7 Å². The Morgan fingerprint density at radius 1 is 1.38 bits per heavy atom. The van der Waals surface area contributed by atoms with Gasteiger partial charge in [0.15, 0.2) is 6.16 Å². The van der Waals surface area contributed by atoms with E-state index in [1.807, 2.05) is 0 Å². The van der Waals surface area contributed by atoms with E-state index in [2.05, 4.69) is 0 Å². The third-order valence-corrected chi connectivity index (χ3v) is 2.73. The smallest absolute Gasteiger partial charge is 0.390 e. The van der Waals surface area contributed by atoms with Gasteiger partial charge in [0.1, 0.15) is 6.10 Å². The molecule has 1 heterocycles. The van der Waals surface area contributed by atoms with Crippen molar-refractivity contribution in [3.63, 3.8) is 0 Å². The van der Waals surface area contributed by atoms with Gasteiger partial charge in [-0.1, -0.05) is 0 Å². The van der Waals surface area contributed by atoms with Crippen molar-refractivity contribution in [3.8, 4) is 0 Å². The third-order valence-electron chi connectivity index (χ3n) is 2.09. The van der Waals surface area contributed by atoms with Gasteiger partial charge < -0.3 is 14.9 Å². The second-order valence-electron chi connectivity index (χ2n) is 3.19. The van der Waals surface area contributed by atoms with E-state index in [-0.39, 0.29) is 18.9 Å². The summed E-state index contributed by atoms with van der Waals surface area (Å²) in [6, 6.07) is 0. The average Bonchev–Trinajstić information content (AvgIpc) is 2.07. The average molecular weight is 209 g/mol. The Balaban J connectivity index is 2.25. The molecule has 0 bridgehead atoms.